The zero-order chi connectivity index (χ0) is 8.97. The smallest absolute Gasteiger partial charge is 0.255 e. The molecule has 68 valence electrons. The maximum Gasteiger partial charge on any atom is 0.255 e. The molecule has 0 aliphatic carbocycles. The van der Waals surface area contributed by atoms with Gasteiger partial charge in [0.1, 0.15) is 0 Å². The largest absolute Gasteiger partial charge is 0.476 e. The van der Waals surface area contributed by atoms with Gasteiger partial charge >= 0.3 is 0 Å². The lowest BCUT2D eigenvalue weighted by molar-refractivity contribution is -0.120. The third-order valence-electron chi connectivity index (χ3n) is 1.70. The number of nitrogens with one attached hydrogen (secondary N) is 1. The van der Waals surface area contributed by atoms with Gasteiger partial charge in [0.2, 0.25) is 0 Å². The summed E-state index contributed by atoms with van der Waals surface area (Å²) < 4.78 is 4.98. The number of carbonyl (C=O) groups excluding carboxylic acids is 1. The van der Waals surface area contributed by atoms with E-state index in [1.54, 1.807) is 0 Å². The van der Waals surface area contributed by atoms with Crippen molar-refractivity contribution in [2.45, 2.75) is 18.9 Å². The Hall–Kier alpha value is -0.680. The number of ether oxygens (including phenoxy) is 1. The summed E-state index contributed by atoms with van der Waals surface area (Å²) in [5, 5.41) is 3.61. The molecule has 12 heavy (non-hydrogen) atoms. The van der Waals surface area contributed by atoms with Crippen molar-refractivity contribution in [1.29, 1.82) is 0 Å². The monoisotopic (exact) mass is 188 g/mol. The van der Waals surface area contributed by atoms with Crippen LogP contribution in [0.25, 0.3) is 0 Å². The number of nitrogens with two attached hydrogens (primary N) is 1. The molecule has 0 unspecified atom stereocenters. The van der Waals surface area contributed by atoms with Crippen LogP contribution in [0.1, 0.15) is 12.8 Å². The first-order chi connectivity index (χ1) is 5.70. The van der Waals surface area contributed by atoms with E-state index in [9.17, 15) is 4.79 Å². The van der Waals surface area contributed by atoms with Gasteiger partial charge in [-0.1, -0.05) is 0 Å². The zero-order valence-corrected chi connectivity index (χ0v) is 7.52. The first-order valence-corrected chi connectivity index (χ1v) is 4.29. The highest BCUT2D eigenvalue weighted by molar-refractivity contribution is 7.80. The molecule has 0 spiro atoms. The van der Waals surface area contributed by atoms with E-state index in [0.717, 1.165) is 19.4 Å². The molecule has 4 nitrogen and oxygen atoms in total. The second-order valence-corrected chi connectivity index (χ2v) is 3.13. The second-order valence-electron chi connectivity index (χ2n) is 2.72. The van der Waals surface area contributed by atoms with Gasteiger partial charge in [0.05, 0.1) is 6.04 Å². The second kappa shape index (κ2) is 4.37. The van der Waals surface area contributed by atoms with Crippen LogP contribution in [0, 0.1) is 0 Å². The van der Waals surface area contributed by atoms with E-state index in [2.05, 4.69) is 5.32 Å². The number of thiocarbonyl (C=S) groups is 1. The standard InChI is InChI=1S/C7H12N2O2S/c8-6(10)4-11-7(12)5-2-1-3-9-5/h5,9H,1-4H2,(H2,8,10)/t5-/m0/s1. The molecule has 1 atom stereocenters. The van der Waals surface area contributed by atoms with Crippen LogP contribution in [0.4, 0.5) is 0 Å². The van der Waals surface area contributed by atoms with Crippen molar-refractivity contribution in [2.24, 2.45) is 5.73 Å². The van der Waals surface area contributed by atoms with Gasteiger partial charge < -0.3 is 15.8 Å². The highest BCUT2D eigenvalue weighted by Crippen LogP contribution is 2.07. The van der Waals surface area contributed by atoms with Crippen molar-refractivity contribution < 1.29 is 9.53 Å². The maximum atomic E-state index is 10.3. The molecule has 1 fully saturated rings. The Morgan fingerprint density at radius 2 is 2.50 bits per heavy atom. The number of hydrogen-bond acceptors (Lipinski definition) is 4. The molecule has 0 aromatic heterocycles. The molecule has 1 heterocycles. The highest BCUT2D eigenvalue weighted by atomic mass is 32.1. The number of primary amides is 1. The third kappa shape index (κ3) is 2.75. The van der Waals surface area contributed by atoms with Crippen molar-refractivity contribution >= 4 is 23.2 Å². The summed E-state index contributed by atoms with van der Waals surface area (Å²) in [6.45, 7) is 0.849. The minimum Gasteiger partial charge on any atom is -0.476 e. The van der Waals surface area contributed by atoms with Gasteiger partial charge in [-0.15, -0.1) is 0 Å². The fraction of sp³-hybridized carbons (Fsp3) is 0.714. The van der Waals surface area contributed by atoms with Gasteiger partial charge in [-0.05, 0) is 31.6 Å². The summed E-state index contributed by atoms with van der Waals surface area (Å²) in [6.07, 6.45) is 2.09. The van der Waals surface area contributed by atoms with Crippen LogP contribution < -0.4 is 11.1 Å². The van der Waals surface area contributed by atoms with Crippen LogP contribution in [-0.4, -0.2) is 30.2 Å². The first-order valence-electron chi connectivity index (χ1n) is 3.88. The van der Waals surface area contributed by atoms with Gasteiger partial charge in [0.25, 0.3) is 5.91 Å². The number of hydrogen-bond donors (Lipinski definition) is 2. The summed E-state index contributed by atoms with van der Waals surface area (Å²) in [5.41, 5.74) is 4.90. The molecule has 3 N–H and O–H groups in total. The van der Waals surface area contributed by atoms with Gasteiger partial charge in [-0.25, -0.2) is 0 Å². The molecule has 0 saturated carbocycles. The van der Waals surface area contributed by atoms with Crippen LogP contribution in [0.2, 0.25) is 0 Å². The van der Waals surface area contributed by atoms with Gasteiger partial charge in [-0.3, -0.25) is 4.79 Å². The summed E-state index contributed by atoms with van der Waals surface area (Å²) in [7, 11) is 0. The lowest BCUT2D eigenvalue weighted by Gasteiger charge is -2.11. The Morgan fingerprint density at radius 3 is 3.00 bits per heavy atom. The lowest BCUT2D eigenvalue weighted by atomic mass is 10.2. The molecule has 1 aliphatic rings. The van der Waals surface area contributed by atoms with Gasteiger partial charge in [-0.2, -0.15) is 0 Å². The van der Waals surface area contributed by atoms with Crippen LogP contribution in [0.3, 0.4) is 0 Å². The summed E-state index contributed by atoms with van der Waals surface area (Å²) in [4.78, 5) is 10.3. The van der Waals surface area contributed by atoms with Gasteiger partial charge in [0, 0.05) is 0 Å². The molecule has 0 aromatic carbocycles. The molecular formula is C7H12N2O2S. The van der Waals surface area contributed by atoms with Crippen molar-refractivity contribution in [3.63, 3.8) is 0 Å². The fourth-order valence-electron chi connectivity index (χ4n) is 1.13. The summed E-state index contributed by atoms with van der Waals surface area (Å²) in [5.74, 6) is -0.490. The molecule has 1 rings (SSSR count). The number of amides is 1. The SMILES string of the molecule is NC(=O)COC(=S)[C@@H]1CCCN1. The van der Waals surface area contributed by atoms with Crippen molar-refractivity contribution in [2.75, 3.05) is 13.2 Å². The predicted octanol–water partition coefficient (Wildman–Crippen LogP) is -0.432. The molecule has 1 aliphatic heterocycles. The van der Waals surface area contributed by atoms with Crippen molar-refractivity contribution in [3.8, 4) is 0 Å². The Morgan fingerprint density at radius 1 is 1.75 bits per heavy atom. The summed E-state index contributed by atoms with van der Waals surface area (Å²) in [6, 6.07) is 0.124. The van der Waals surface area contributed by atoms with E-state index in [1.165, 1.54) is 0 Å². The minimum atomic E-state index is -0.490. The van der Waals surface area contributed by atoms with Crippen LogP contribution >= 0.6 is 12.2 Å². The first kappa shape index (κ1) is 9.41. The molecule has 0 bridgehead atoms. The minimum absolute atomic E-state index is 0.114. The average Bonchev–Trinajstić information content (AvgIpc) is 2.51. The molecular weight excluding hydrogens is 176 g/mol. The van der Waals surface area contributed by atoms with E-state index in [0.29, 0.717) is 5.05 Å². The normalized spacial score (nSPS) is 22.2. The molecule has 1 amide bonds. The zero-order valence-electron chi connectivity index (χ0n) is 6.71. The van der Waals surface area contributed by atoms with E-state index in [1.807, 2.05) is 0 Å². The topological polar surface area (TPSA) is 64.4 Å². The van der Waals surface area contributed by atoms with Crippen LogP contribution in [0.5, 0.6) is 0 Å². The Balaban J connectivity index is 2.23. The van der Waals surface area contributed by atoms with Gasteiger partial charge in [0.15, 0.2) is 11.7 Å². The van der Waals surface area contributed by atoms with E-state index < -0.39 is 5.91 Å². The Labute approximate surface area is 76.4 Å². The number of rotatable bonds is 3. The maximum absolute atomic E-state index is 10.3. The summed E-state index contributed by atoms with van der Waals surface area (Å²) >= 11 is 4.94. The molecule has 1 saturated heterocycles. The Kier molecular flexibility index (Phi) is 3.43. The third-order valence-corrected chi connectivity index (χ3v) is 2.10. The molecule has 0 aromatic rings. The number of carbonyl (C=O) groups is 1. The van der Waals surface area contributed by atoms with E-state index >= 15 is 0 Å². The molecule has 5 heteroatoms. The van der Waals surface area contributed by atoms with E-state index in [4.69, 9.17) is 22.7 Å². The van der Waals surface area contributed by atoms with Crippen molar-refractivity contribution in [1.82, 2.24) is 5.32 Å². The highest BCUT2D eigenvalue weighted by Gasteiger charge is 2.19. The van der Waals surface area contributed by atoms with Crippen LogP contribution in [0.15, 0.2) is 0 Å². The predicted molar refractivity (Wildman–Crippen MR) is 48.8 cm³/mol. The molecule has 0 radical (unpaired) electrons. The average molecular weight is 188 g/mol. The van der Waals surface area contributed by atoms with E-state index in [-0.39, 0.29) is 12.6 Å². The Bertz CT molecular complexity index is 190. The van der Waals surface area contributed by atoms with Crippen molar-refractivity contribution in [3.05, 3.63) is 0 Å². The lowest BCUT2D eigenvalue weighted by Crippen LogP contribution is -2.33. The van der Waals surface area contributed by atoms with Crippen LogP contribution in [-0.2, 0) is 9.53 Å². The quantitative estimate of drug-likeness (QED) is 0.590. The fourth-order valence-corrected chi connectivity index (χ4v) is 1.39.